The summed E-state index contributed by atoms with van der Waals surface area (Å²) in [5, 5.41) is 13.3. The Morgan fingerprint density at radius 3 is 3.13 bits per heavy atom. The second-order valence-corrected chi connectivity index (χ2v) is 2.65. The number of aromatic nitrogens is 2. The van der Waals surface area contributed by atoms with Crippen LogP contribution in [0.3, 0.4) is 0 Å². The topological polar surface area (TPSA) is 101 Å². The summed E-state index contributed by atoms with van der Waals surface area (Å²) < 4.78 is 0. The summed E-state index contributed by atoms with van der Waals surface area (Å²) in [4.78, 5) is 26.1. The lowest BCUT2D eigenvalue weighted by Crippen LogP contribution is -2.14. The normalized spacial score (nSPS) is 10.7. The van der Waals surface area contributed by atoms with Crippen molar-refractivity contribution in [2.75, 3.05) is 6.54 Å². The summed E-state index contributed by atoms with van der Waals surface area (Å²) in [6, 6.07) is 0. The lowest BCUT2D eigenvalue weighted by atomic mass is 10.4. The van der Waals surface area contributed by atoms with Crippen molar-refractivity contribution < 1.29 is 9.72 Å². The molecule has 0 fully saturated rings. The quantitative estimate of drug-likeness (QED) is 0.229. The lowest BCUT2D eigenvalue weighted by Gasteiger charge is -1.98. The van der Waals surface area contributed by atoms with E-state index in [4.69, 9.17) is 0 Å². The molecule has 0 amide bonds. The third-order valence-electron chi connectivity index (χ3n) is 1.65. The van der Waals surface area contributed by atoms with E-state index < -0.39 is 4.92 Å². The van der Waals surface area contributed by atoms with Crippen LogP contribution in [0.25, 0.3) is 0 Å². The molecule has 0 bridgehead atoms. The van der Waals surface area contributed by atoms with Crippen molar-refractivity contribution in [3.05, 3.63) is 34.3 Å². The van der Waals surface area contributed by atoms with E-state index in [1.807, 2.05) is 0 Å². The molecular formula is C8H10N4O3. The molecule has 0 aliphatic heterocycles. The number of imidazole rings is 1. The highest BCUT2D eigenvalue weighted by atomic mass is 16.6. The number of nitrogens with one attached hydrogen (secondary N) is 2. The molecular weight excluding hydrogens is 200 g/mol. The van der Waals surface area contributed by atoms with E-state index in [2.05, 4.69) is 15.3 Å². The number of carbonyl (C=O) groups is 1. The first-order valence-electron chi connectivity index (χ1n) is 4.23. The van der Waals surface area contributed by atoms with E-state index in [0.717, 1.165) is 0 Å². The van der Waals surface area contributed by atoms with Gasteiger partial charge in [-0.15, -0.1) is 0 Å². The Bertz CT molecular complexity index is 372. The Labute approximate surface area is 85.4 Å². The molecule has 0 saturated heterocycles. The first kappa shape index (κ1) is 11.1. The SMILES string of the molecule is O=C/C=C/CNCc1nc[nH]c1[N+](=O)[O-]. The van der Waals surface area contributed by atoms with Crippen LogP contribution in [-0.2, 0) is 11.3 Å². The third kappa shape index (κ3) is 3.31. The molecule has 0 aliphatic rings. The Kier molecular flexibility index (Phi) is 4.17. The molecule has 0 aliphatic carbocycles. The minimum absolute atomic E-state index is 0.109. The molecule has 7 nitrogen and oxygen atoms in total. The van der Waals surface area contributed by atoms with Crippen LogP contribution >= 0.6 is 0 Å². The summed E-state index contributed by atoms with van der Waals surface area (Å²) in [7, 11) is 0. The number of allylic oxidation sites excluding steroid dienone is 1. The fourth-order valence-electron chi connectivity index (χ4n) is 1.00. The molecule has 1 heterocycles. The minimum Gasteiger partial charge on any atom is -0.358 e. The first-order valence-corrected chi connectivity index (χ1v) is 4.23. The molecule has 1 aromatic heterocycles. The van der Waals surface area contributed by atoms with Gasteiger partial charge in [0.1, 0.15) is 6.29 Å². The molecule has 0 aromatic carbocycles. The van der Waals surface area contributed by atoms with Gasteiger partial charge in [-0.25, -0.2) is 9.97 Å². The number of nitro groups is 1. The van der Waals surface area contributed by atoms with Crippen molar-refractivity contribution in [2.45, 2.75) is 6.54 Å². The second-order valence-electron chi connectivity index (χ2n) is 2.65. The van der Waals surface area contributed by atoms with Crippen LogP contribution < -0.4 is 5.32 Å². The summed E-state index contributed by atoms with van der Waals surface area (Å²) in [6.07, 6.45) is 4.91. The van der Waals surface area contributed by atoms with E-state index >= 15 is 0 Å². The van der Waals surface area contributed by atoms with E-state index in [1.165, 1.54) is 12.4 Å². The number of hydrogen-bond donors (Lipinski definition) is 2. The molecule has 0 saturated carbocycles. The molecule has 0 unspecified atom stereocenters. The van der Waals surface area contributed by atoms with Crippen molar-refractivity contribution in [2.24, 2.45) is 0 Å². The summed E-state index contributed by atoms with van der Waals surface area (Å²) in [6.45, 7) is 0.742. The largest absolute Gasteiger partial charge is 0.358 e. The van der Waals surface area contributed by atoms with Gasteiger partial charge >= 0.3 is 5.82 Å². The molecule has 1 aromatic rings. The monoisotopic (exact) mass is 210 g/mol. The molecule has 0 atom stereocenters. The maximum absolute atomic E-state index is 10.5. The van der Waals surface area contributed by atoms with Gasteiger partial charge in [0.15, 0.2) is 12.0 Å². The number of aromatic amines is 1. The molecule has 0 radical (unpaired) electrons. The number of nitrogens with zero attached hydrogens (tertiary/aromatic N) is 2. The van der Waals surface area contributed by atoms with Crippen LogP contribution in [0.1, 0.15) is 5.69 Å². The Hall–Kier alpha value is -2.02. The number of rotatable bonds is 6. The highest BCUT2D eigenvalue weighted by Gasteiger charge is 2.13. The smallest absolute Gasteiger partial charge is 0.345 e. The maximum Gasteiger partial charge on any atom is 0.345 e. The number of H-pyrrole nitrogens is 1. The van der Waals surface area contributed by atoms with E-state index in [9.17, 15) is 14.9 Å². The van der Waals surface area contributed by atoms with Gasteiger partial charge in [0, 0.05) is 13.1 Å². The second kappa shape index (κ2) is 5.66. The molecule has 1 rings (SSSR count). The zero-order valence-corrected chi connectivity index (χ0v) is 7.84. The Morgan fingerprint density at radius 1 is 1.67 bits per heavy atom. The van der Waals surface area contributed by atoms with Crippen LogP contribution in [-0.4, -0.2) is 27.7 Å². The highest BCUT2D eigenvalue weighted by molar-refractivity contribution is 5.64. The van der Waals surface area contributed by atoms with Crippen LogP contribution in [0, 0.1) is 10.1 Å². The molecule has 15 heavy (non-hydrogen) atoms. The first-order chi connectivity index (χ1) is 7.25. The number of hydrogen-bond acceptors (Lipinski definition) is 5. The van der Waals surface area contributed by atoms with Crippen LogP contribution in [0.5, 0.6) is 0 Å². The van der Waals surface area contributed by atoms with Crippen molar-refractivity contribution in [3.63, 3.8) is 0 Å². The zero-order valence-electron chi connectivity index (χ0n) is 7.84. The molecule has 2 N–H and O–H groups in total. The van der Waals surface area contributed by atoms with E-state index in [1.54, 1.807) is 6.08 Å². The van der Waals surface area contributed by atoms with E-state index in [-0.39, 0.29) is 12.4 Å². The van der Waals surface area contributed by atoms with Crippen molar-refractivity contribution in [1.82, 2.24) is 15.3 Å². The fourth-order valence-corrected chi connectivity index (χ4v) is 1.00. The van der Waals surface area contributed by atoms with Crippen LogP contribution in [0.4, 0.5) is 5.82 Å². The summed E-state index contributed by atoms with van der Waals surface area (Å²) in [5.74, 6) is -0.109. The van der Waals surface area contributed by atoms with Crippen LogP contribution in [0.15, 0.2) is 18.5 Å². The molecule has 7 heteroatoms. The Morgan fingerprint density at radius 2 is 2.47 bits per heavy atom. The van der Waals surface area contributed by atoms with Crippen LogP contribution in [0.2, 0.25) is 0 Å². The van der Waals surface area contributed by atoms with Gasteiger partial charge in [0.2, 0.25) is 0 Å². The predicted molar refractivity (Wildman–Crippen MR) is 52.2 cm³/mol. The average Bonchev–Trinajstić information content (AvgIpc) is 2.66. The maximum atomic E-state index is 10.5. The minimum atomic E-state index is -0.523. The van der Waals surface area contributed by atoms with Gasteiger partial charge in [0.05, 0.1) is 0 Å². The van der Waals surface area contributed by atoms with Crippen molar-refractivity contribution >= 4 is 12.1 Å². The van der Waals surface area contributed by atoms with Crippen molar-refractivity contribution in [3.8, 4) is 0 Å². The third-order valence-corrected chi connectivity index (χ3v) is 1.65. The van der Waals surface area contributed by atoms with Gasteiger partial charge in [-0.05, 0) is 11.0 Å². The Balaban J connectivity index is 2.43. The van der Waals surface area contributed by atoms with Crippen molar-refractivity contribution in [1.29, 1.82) is 0 Å². The fraction of sp³-hybridized carbons (Fsp3) is 0.250. The summed E-state index contributed by atoms with van der Waals surface area (Å²) >= 11 is 0. The number of carbonyl (C=O) groups excluding carboxylic acids is 1. The van der Waals surface area contributed by atoms with Gasteiger partial charge in [-0.1, -0.05) is 6.08 Å². The predicted octanol–water partition coefficient (Wildman–Crippen LogP) is 0.163. The summed E-state index contributed by atoms with van der Waals surface area (Å²) in [5.41, 5.74) is 0.347. The molecule has 80 valence electrons. The van der Waals surface area contributed by atoms with Gasteiger partial charge in [-0.3, -0.25) is 4.79 Å². The zero-order chi connectivity index (χ0) is 11.1. The van der Waals surface area contributed by atoms with Gasteiger partial charge in [0.25, 0.3) is 0 Å². The average molecular weight is 210 g/mol. The van der Waals surface area contributed by atoms with Gasteiger partial charge in [-0.2, -0.15) is 0 Å². The van der Waals surface area contributed by atoms with E-state index in [0.29, 0.717) is 18.5 Å². The number of aldehydes is 1. The lowest BCUT2D eigenvalue weighted by molar-refractivity contribution is -0.390. The highest BCUT2D eigenvalue weighted by Crippen LogP contribution is 2.11. The van der Waals surface area contributed by atoms with Gasteiger partial charge < -0.3 is 15.4 Å². The molecule has 0 spiro atoms. The standard InChI is InChI=1S/C8H10N4O3/c13-4-2-1-3-9-5-7-8(12(14)15)11-6-10-7/h1-2,4,6,9H,3,5H2,(H,10,11)/b2-1+.